The minimum atomic E-state index is -3.90. The summed E-state index contributed by atoms with van der Waals surface area (Å²) in [7, 11) is -3.90. The van der Waals surface area contributed by atoms with Crippen LogP contribution < -0.4 is 16.4 Å². The summed E-state index contributed by atoms with van der Waals surface area (Å²) in [6, 6.07) is -0.406. The zero-order chi connectivity index (χ0) is 41.9. The highest BCUT2D eigenvalue weighted by Crippen LogP contribution is 2.49. The lowest BCUT2D eigenvalue weighted by atomic mass is 9.99. The third kappa shape index (κ3) is 38.7. The van der Waals surface area contributed by atoms with Crippen LogP contribution in [0.15, 0.2) is 12.7 Å². The van der Waals surface area contributed by atoms with Gasteiger partial charge in [-0.1, -0.05) is 200 Å². The maximum atomic E-state index is 13.4. The van der Waals surface area contributed by atoms with Gasteiger partial charge in [-0.25, -0.2) is 4.57 Å². The van der Waals surface area contributed by atoms with Crippen LogP contribution in [-0.2, 0) is 27.7 Å². The van der Waals surface area contributed by atoms with E-state index in [0.29, 0.717) is 25.7 Å². The lowest BCUT2D eigenvalue weighted by molar-refractivity contribution is -0.123. The molecule has 0 saturated heterocycles. The first kappa shape index (κ1) is 55.8. The zero-order valence-corrected chi connectivity index (χ0v) is 38.7. The highest BCUT2D eigenvalue weighted by atomic mass is 31.2. The standard InChI is InChI=1S/C47H94N3O6P/c1-5-9-12-15-18-20-22-24-27-30-33-36-46(51)49-44(35-32-29-26-17-14-11-7-3)38-39-45(43-56-57(53,54-41-8-4)55-42-40-48)50-47(52)37-34-31-28-25-23-21-19-16-13-10-6-2/h8,44-45H,4-7,9-43,48H2,1-3H3,(H,49,51)(H,50,52). The van der Waals surface area contributed by atoms with E-state index >= 15 is 0 Å². The van der Waals surface area contributed by atoms with Crippen LogP contribution in [0.5, 0.6) is 0 Å². The Morgan fingerprint density at radius 3 is 1.30 bits per heavy atom. The number of phosphoric acid groups is 1. The van der Waals surface area contributed by atoms with Crippen LogP contribution in [0.2, 0.25) is 0 Å². The van der Waals surface area contributed by atoms with E-state index < -0.39 is 13.9 Å². The van der Waals surface area contributed by atoms with Gasteiger partial charge in [-0.3, -0.25) is 23.2 Å². The summed E-state index contributed by atoms with van der Waals surface area (Å²) >= 11 is 0. The second-order valence-electron chi connectivity index (χ2n) is 16.5. The number of rotatable bonds is 46. The summed E-state index contributed by atoms with van der Waals surface area (Å²) in [6.45, 7) is 10.6. The first-order chi connectivity index (χ1) is 27.8. The number of hydrogen-bond donors (Lipinski definition) is 3. The SMILES string of the molecule is C=CCOP(=O)(OCCN)OCC(CCC(CCCCCCCCC)NC(=O)CCCCCCCCCCCCC)NC(=O)CCCCCCCCCCCCC. The van der Waals surface area contributed by atoms with E-state index in [4.69, 9.17) is 19.3 Å². The number of nitrogens with one attached hydrogen (secondary N) is 2. The molecule has 0 aromatic carbocycles. The van der Waals surface area contributed by atoms with E-state index in [1.165, 1.54) is 147 Å². The van der Waals surface area contributed by atoms with Crippen molar-refractivity contribution in [2.45, 2.75) is 251 Å². The van der Waals surface area contributed by atoms with E-state index in [-0.39, 0.29) is 44.2 Å². The number of unbranched alkanes of at least 4 members (excludes halogenated alkanes) is 26. The highest BCUT2D eigenvalue weighted by Gasteiger charge is 2.28. The molecule has 2 amide bonds. The van der Waals surface area contributed by atoms with Gasteiger partial charge in [0.05, 0.1) is 25.9 Å². The monoisotopic (exact) mass is 828 g/mol. The van der Waals surface area contributed by atoms with Gasteiger partial charge in [0.15, 0.2) is 0 Å². The largest absolute Gasteiger partial charge is 0.475 e. The van der Waals surface area contributed by atoms with E-state index in [2.05, 4.69) is 38.0 Å². The number of carbonyl (C=O) groups excluding carboxylic acids is 2. The van der Waals surface area contributed by atoms with Crippen LogP contribution >= 0.6 is 7.82 Å². The molecule has 0 bridgehead atoms. The molecule has 0 aliphatic carbocycles. The topological polar surface area (TPSA) is 129 Å². The van der Waals surface area contributed by atoms with Gasteiger partial charge >= 0.3 is 7.82 Å². The fourth-order valence-corrected chi connectivity index (χ4v) is 8.54. The molecule has 0 spiro atoms. The Bertz CT molecular complexity index is 954. The van der Waals surface area contributed by atoms with Gasteiger partial charge in [-0.2, -0.15) is 0 Å². The molecular formula is C47H94N3O6P. The van der Waals surface area contributed by atoms with Gasteiger partial charge in [-0.05, 0) is 32.1 Å². The Kier molecular flexibility index (Phi) is 41.9. The van der Waals surface area contributed by atoms with Crippen LogP contribution in [-0.4, -0.2) is 50.3 Å². The molecule has 0 saturated carbocycles. The molecule has 9 nitrogen and oxygen atoms in total. The maximum absolute atomic E-state index is 13.4. The lowest BCUT2D eigenvalue weighted by Crippen LogP contribution is -2.41. The fourth-order valence-electron chi connectivity index (χ4n) is 7.34. The van der Waals surface area contributed by atoms with Gasteiger partial charge in [0.1, 0.15) is 0 Å². The third-order valence-electron chi connectivity index (χ3n) is 10.9. The molecule has 3 atom stereocenters. The molecule has 0 heterocycles. The van der Waals surface area contributed by atoms with Gasteiger partial charge in [-0.15, -0.1) is 6.58 Å². The normalized spacial score (nSPS) is 13.6. The van der Waals surface area contributed by atoms with Gasteiger partial charge in [0, 0.05) is 25.4 Å². The molecule has 10 heteroatoms. The van der Waals surface area contributed by atoms with Crippen molar-refractivity contribution in [3.8, 4) is 0 Å². The minimum absolute atomic E-state index is 0.00338. The average Bonchev–Trinajstić information content (AvgIpc) is 3.20. The van der Waals surface area contributed by atoms with Crippen molar-refractivity contribution in [3.05, 3.63) is 12.7 Å². The van der Waals surface area contributed by atoms with Crippen LogP contribution in [0.4, 0.5) is 0 Å². The van der Waals surface area contributed by atoms with Crippen LogP contribution in [0, 0.1) is 0 Å². The molecular weight excluding hydrogens is 734 g/mol. The number of hydrogen-bond acceptors (Lipinski definition) is 7. The summed E-state index contributed by atoms with van der Waals surface area (Å²) in [6.07, 6.45) is 40.4. The Labute approximate surface area is 352 Å². The van der Waals surface area contributed by atoms with E-state index in [0.717, 1.165) is 51.4 Å². The molecule has 0 aromatic rings. The first-order valence-corrected chi connectivity index (χ1v) is 25.7. The molecule has 338 valence electrons. The molecule has 57 heavy (non-hydrogen) atoms. The molecule has 0 aliphatic heterocycles. The smallest absolute Gasteiger partial charge is 0.353 e. The number of amides is 2. The van der Waals surface area contributed by atoms with Gasteiger partial charge < -0.3 is 16.4 Å². The zero-order valence-electron chi connectivity index (χ0n) is 37.8. The summed E-state index contributed by atoms with van der Waals surface area (Å²) in [5.74, 6) is 0.0816. The Morgan fingerprint density at radius 2 is 0.895 bits per heavy atom. The number of nitrogens with two attached hydrogens (primary N) is 1. The molecule has 0 rings (SSSR count). The Morgan fingerprint density at radius 1 is 0.526 bits per heavy atom. The van der Waals surface area contributed by atoms with Crippen molar-refractivity contribution < 1.29 is 27.7 Å². The molecule has 3 unspecified atom stereocenters. The predicted octanol–water partition coefficient (Wildman–Crippen LogP) is 13.6. The third-order valence-corrected chi connectivity index (χ3v) is 12.3. The lowest BCUT2D eigenvalue weighted by Gasteiger charge is -2.25. The predicted molar refractivity (Wildman–Crippen MR) is 243 cm³/mol. The Balaban J connectivity index is 5.21. The summed E-state index contributed by atoms with van der Waals surface area (Å²) < 4.78 is 30.0. The van der Waals surface area contributed by atoms with Crippen LogP contribution in [0.1, 0.15) is 239 Å². The molecule has 0 radical (unpaired) electrons. The summed E-state index contributed by atoms with van der Waals surface area (Å²) in [4.78, 5) is 26.4. The summed E-state index contributed by atoms with van der Waals surface area (Å²) in [5.41, 5.74) is 5.61. The van der Waals surface area contributed by atoms with Crippen molar-refractivity contribution in [1.29, 1.82) is 0 Å². The second kappa shape index (κ2) is 42.9. The highest BCUT2D eigenvalue weighted by molar-refractivity contribution is 7.48. The van der Waals surface area contributed by atoms with E-state index in [9.17, 15) is 14.2 Å². The number of carbonyl (C=O) groups is 2. The van der Waals surface area contributed by atoms with E-state index in [1.807, 2.05) is 0 Å². The van der Waals surface area contributed by atoms with Crippen molar-refractivity contribution in [2.24, 2.45) is 5.73 Å². The van der Waals surface area contributed by atoms with Crippen molar-refractivity contribution >= 4 is 19.6 Å². The van der Waals surface area contributed by atoms with Crippen LogP contribution in [0.25, 0.3) is 0 Å². The van der Waals surface area contributed by atoms with Gasteiger partial charge in [0.25, 0.3) is 0 Å². The molecule has 0 aliphatic rings. The summed E-state index contributed by atoms with van der Waals surface area (Å²) in [5, 5.41) is 6.52. The molecule has 0 aromatic heterocycles. The van der Waals surface area contributed by atoms with Crippen LogP contribution in [0.3, 0.4) is 0 Å². The maximum Gasteiger partial charge on any atom is 0.475 e. The molecule has 0 fully saturated rings. The second-order valence-corrected chi connectivity index (χ2v) is 18.2. The van der Waals surface area contributed by atoms with Crippen molar-refractivity contribution in [3.63, 3.8) is 0 Å². The van der Waals surface area contributed by atoms with Crippen molar-refractivity contribution in [2.75, 3.05) is 26.4 Å². The average molecular weight is 828 g/mol. The quantitative estimate of drug-likeness (QED) is 0.0316. The fraction of sp³-hybridized carbons (Fsp3) is 0.915. The first-order valence-electron chi connectivity index (χ1n) is 24.3. The molecule has 4 N–H and O–H groups in total. The van der Waals surface area contributed by atoms with E-state index in [1.54, 1.807) is 0 Å². The van der Waals surface area contributed by atoms with Gasteiger partial charge in [0.2, 0.25) is 11.8 Å². The minimum Gasteiger partial charge on any atom is -0.353 e. The Hall–Kier alpha value is -1.25. The number of phosphoric ester groups is 1. The van der Waals surface area contributed by atoms with Crippen molar-refractivity contribution in [1.82, 2.24) is 10.6 Å².